The Morgan fingerprint density at radius 1 is 1.10 bits per heavy atom. The minimum Gasteiger partial charge on any atom is -0.355 e. The highest BCUT2D eigenvalue weighted by Gasteiger charge is 2.17. The minimum atomic E-state index is -3.97. The van der Waals surface area contributed by atoms with Crippen molar-refractivity contribution in [2.45, 2.75) is 4.90 Å². The molecule has 0 saturated heterocycles. The van der Waals surface area contributed by atoms with Crippen LogP contribution in [0.2, 0.25) is 0 Å². The topological polar surface area (TPSA) is 75.3 Å². The van der Waals surface area contributed by atoms with Crippen LogP contribution in [0.5, 0.6) is 0 Å². The fraction of sp³-hybridized carbons (Fsp3) is 0.0714. The van der Waals surface area contributed by atoms with Gasteiger partial charge in [0.05, 0.1) is 10.6 Å². The Morgan fingerprint density at radius 2 is 1.81 bits per heavy atom. The predicted octanol–water partition coefficient (Wildman–Crippen LogP) is 1.99. The summed E-state index contributed by atoms with van der Waals surface area (Å²) in [5.74, 6) is -1.08. The molecule has 0 bridgehead atoms. The molecule has 0 aliphatic carbocycles. The maximum atomic E-state index is 13.5. The summed E-state index contributed by atoms with van der Waals surface area (Å²) in [6.07, 6.45) is 0. The third-order valence-corrected chi connectivity index (χ3v) is 4.11. The Bertz CT molecular complexity index is 775. The first kappa shape index (κ1) is 15.0. The smallest absolute Gasteiger partial charge is 0.262 e. The highest BCUT2D eigenvalue weighted by atomic mass is 32.2. The van der Waals surface area contributed by atoms with Crippen LogP contribution in [-0.4, -0.2) is 21.4 Å². The summed E-state index contributed by atoms with van der Waals surface area (Å²) in [6, 6.07) is 10.9. The quantitative estimate of drug-likeness (QED) is 0.907. The molecule has 0 fully saturated rings. The van der Waals surface area contributed by atoms with E-state index >= 15 is 0 Å². The van der Waals surface area contributed by atoms with Crippen molar-refractivity contribution in [3.8, 4) is 0 Å². The first-order chi connectivity index (χ1) is 9.94. The lowest BCUT2D eigenvalue weighted by molar-refractivity contribution is 0.0963. The van der Waals surface area contributed by atoms with E-state index in [0.29, 0.717) is 0 Å². The highest BCUT2D eigenvalue weighted by Crippen LogP contribution is 2.19. The zero-order chi connectivity index (χ0) is 15.5. The number of hydrogen-bond donors (Lipinski definition) is 2. The SMILES string of the molecule is CNC(=O)c1cccc(S(=O)(=O)Nc2ccccc2F)c1. The summed E-state index contributed by atoms with van der Waals surface area (Å²) >= 11 is 0. The van der Waals surface area contributed by atoms with E-state index in [0.717, 1.165) is 6.07 Å². The van der Waals surface area contributed by atoms with Gasteiger partial charge in [0.15, 0.2) is 0 Å². The molecule has 2 N–H and O–H groups in total. The molecule has 0 heterocycles. The number of hydrogen-bond acceptors (Lipinski definition) is 3. The number of sulfonamides is 1. The number of nitrogens with one attached hydrogen (secondary N) is 2. The fourth-order valence-corrected chi connectivity index (χ4v) is 2.81. The van der Waals surface area contributed by atoms with Crippen molar-refractivity contribution in [1.29, 1.82) is 0 Å². The molecule has 0 radical (unpaired) electrons. The second kappa shape index (κ2) is 5.92. The Labute approximate surface area is 121 Å². The van der Waals surface area contributed by atoms with Gasteiger partial charge in [-0.3, -0.25) is 9.52 Å². The molecule has 0 spiro atoms. The van der Waals surface area contributed by atoms with Crippen molar-refractivity contribution >= 4 is 21.6 Å². The van der Waals surface area contributed by atoms with Crippen LogP contribution in [0.25, 0.3) is 0 Å². The van der Waals surface area contributed by atoms with Crippen LogP contribution < -0.4 is 10.0 Å². The number of amides is 1. The first-order valence-corrected chi connectivity index (χ1v) is 7.52. The Hall–Kier alpha value is -2.41. The lowest BCUT2D eigenvalue weighted by Crippen LogP contribution is -2.19. The van der Waals surface area contributed by atoms with Gasteiger partial charge in [-0.05, 0) is 30.3 Å². The van der Waals surface area contributed by atoms with Crippen molar-refractivity contribution in [1.82, 2.24) is 5.32 Å². The zero-order valence-electron chi connectivity index (χ0n) is 11.1. The number of para-hydroxylation sites is 1. The van der Waals surface area contributed by atoms with Gasteiger partial charge in [-0.2, -0.15) is 0 Å². The Morgan fingerprint density at radius 3 is 2.48 bits per heavy atom. The summed E-state index contributed by atoms with van der Waals surface area (Å²) in [6.45, 7) is 0. The van der Waals surface area contributed by atoms with Crippen molar-refractivity contribution in [2.75, 3.05) is 11.8 Å². The number of carbonyl (C=O) groups is 1. The third kappa shape index (κ3) is 3.38. The average molecular weight is 308 g/mol. The predicted molar refractivity (Wildman–Crippen MR) is 77.0 cm³/mol. The van der Waals surface area contributed by atoms with E-state index in [9.17, 15) is 17.6 Å². The molecule has 0 saturated carbocycles. The molecule has 1 amide bonds. The Kier molecular flexibility index (Phi) is 4.23. The van der Waals surface area contributed by atoms with Gasteiger partial charge >= 0.3 is 0 Å². The molecule has 0 aromatic heterocycles. The van der Waals surface area contributed by atoms with Crippen LogP contribution in [0.3, 0.4) is 0 Å². The van der Waals surface area contributed by atoms with E-state index in [2.05, 4.69) is 10.0 Å². The zero-order valence-corrected chi connectivity index (χ0v) is 11.9. The molecule has 21 heavy (non-hydrogen) atoms. The second-order valence-electron chi connectivity index (χ2n) is 4.19. The fourth-order valence-electron chi connectivity index (χ4n) is 1.70. The van der Waals surface area contributed by atoms with Gasteiger partial charge in [-0.1, -0.05) is 18.2 Å². The maximum absolute atomic E-state index is 13.5. The van der Waals surface area contributed by atoms with Crippen molar-refractivity contribution < 1.29 is 17.6 Å². The molecule has 2 aromatic rings. The standard InChI is InChI=1S/C14H13FN2O3S/c1-16-14(18)10-5-4-6-11(9-10)21(19,20)17-13-8-3-2-7-12(13)15/h2-9,17H,1H3,(H,16,18). The molecule has 2 rings (SSSR count). The van der Waals surface area contributed by atoms with Crippen LogP contribution in [0.15, 0.2) is 53.4 Å². The molecule has 110 valence electrons. The molecule has 2 aromatic carbocycles. The van der Waals surface area contributed by atoms with Gasteiger partial charge in [0, 0.05) is 12.6 Å². The van der Waals surface area contributed by atoms with Gasteiger partial charge in [0.25, 0.3) is 15.9 Å². The van der Waals surface area contributed by atoms with E-state index in [1.54, 1.807) is 0 Å². The molecule has 7 heteroatoms. The second-order valence-corrected chi connectivity index (χ2v) is 5.87. The van der Waals surface area contributed by atoms with E-state index in [4.69, 9.17) is 0 Å². The largest absolute Gasteiger partial charge is 0.355 e. The van der Waals surface area contributed by atoms with Gasteiger partial charge in [-0.25, -0.2) is 12.8 Å². The number of rotatable bonds is 4. The first-order valence-electron chi connectivity index (χ1n) is 6.03. The van der Waals surface area contributed by atoms with E-state index in [1.807, 2.05) is 0 Å². The molecule has 0 atom stereocenters. The molecule has 0 aliphatic heterocycles. The average Bonchev–Trinajstić information content (AvgIpc) is 2.49. The summed E-state index contributed by atoms with van der Waals surface area (Å²) < 4.78 is 40.1. The lowest BCUT2D eigenvalue weighted by Gasteiger charge is -2.09. The normalized spacial score (nSPS) is 11.0. The summed E-state index contributed by atoms with van der Waals surface area (Å²) in [4.78, 5) is 11.4. The van der Waals surface area contributed by atoms with Crippen molar-refractivity contribution in [3.63, 3.8) is 0 Å². The van der Waals surface area contributed by atoms with Crippen LogP contribution in [-0.2, 0) is 10.0 Å². The van der Waals surface area contributed by atoms with Gasteiger partial charge in [0.1, 0.15) is 5.82 Å². The van der Waals surface area contributed by atoms with E-state index in [1.165, 1.54) is 49.5 Å². The maximum Gasteiger partial charge on any atom is 0.262 e. The molecule has 5 nitrogen and oxygen atoms in total. The van der Waals surface area contributed by atoms with E-state index < -0.39 is 21.7 Å². The van der Waals surface area contributed by atoms with Crippen LogP contribution in [0, 0.1) is 5.82 Å². The summed E-state index contributed by atoms with van der Waals surface area (Å²) in [7, 11) is -2.52. The monoisotopic (exact) mass is 308 g/mol. The third-order valence-electron chi connectivity index (χ3n) is 2.75. The van der Waals surface area contributed by atoms with E-state index in [-0.39, 0.29) is 16.1 Å². The number of anilines is 1. The molecule has 0 aliphatic rings. The van der Waals surface area contributed by atoms with Crippen molar-refractivity contribution in [3.05, 3.63) is 59.9 Å². The van der Waals surface area contributed by atoms with Crippen LogP contribution in [0.4, 0.5) is 10.1 Å². The highest BCUT2D eigenvalue weighted by molar-refractivity contribution is 7.92. The van der Waals surface area contributed by atoms with Gasteiger partial charge in [-0.15, -0.1) is 0 Å². The molecular weight excluding hydrogens is 295 g/mol. The number of halogens is 1. The summed E-state index contributed by atoms with van der Waals surface area (Å²) in [5.41, 5.74) is 0.0526. The molecular formula is C14H13FN2O3S. The molecule has 0 unspecified atom stereocenters. The van der Waals surface area contributed by atoms with Gasteiger partial charge < -0.3 is 5.32 Å². The Balaban J connectivity index is 2.36. The van der Waals surface area contributed by atoms with Crippen LogP contribution >= 0.6 is 0 Å². The number of carbonyl (C=O) groups excluding carboxylic acids is 1. The van der Waals surface area contributed by atoms with Gasteiger partial charge in [0.2, 0.25) is 0 Å². The lowest BCUT2D eigenvalue weighted by atomic mass is 10.2. The number of benzene rings is 2. The minimum absolute atomic E-state index is 0.119. The van der Waals surface area contributed by atoms with Crippen molar-refractivity contribution in [2.24, 2.45) is 0 Å². The van der Waals surface area contributed by atoms with Crippen LogP contribution in [0.1, 0.15) is 10.4 Å². The summed E-state index contributed by atoms with van der Waals surface area (Å²) in [5, 5.41) is 2.40.